The largest absolute Gasteiger partial charge is 0.507 e. The van der Waals surface area contributed by atoms with Crippen LogP contribution in [0.15, 0.2) is 6.07 Å². The van der Waals surface area contributed by atoms with Crippen molar-refractivity contribution in [3.63, 3.8) is 0 Å². The second-order valence-electron chi connectivity index (χ2n) is 2.91. The fourth-order valence-electron chi connectivity index (χ4n) is 1.28. The summed E-state index contributed by atoms with van der Waals surface area (Å²) in [6, 6.07) is 1.11. The number of aromatic hydroxyl groups is 2. The molecule has 80 valence electrons. The monoisotopic (exact) mass is 210 g/mol. The SMILES string of the molecule is COc1cc(O)c(C(C)=O)c(O)c1C=O. The van der Waals surface area contributed by atoms with Crippen molar-refractivity contribution in [2.75, 3.05) is 7.11 Å². The lowest BCUT2D eigenvalue weighted by molar-refractivity contribution is 0.101. The van der Waals surface area contributed by atoms with Gasteiger partial charge in [0.1, 0.15) is 22.8 Å². The summed E-state index contributed by atoms with van der Waals surface area (Å²) in [5.74, 6) is -1.49. The predicted molar refractivity (Wildman–Crippen MR) is 51.7 cm³/mol. The molecule has 0 bridgehead atoms. The number of hydrogen-bond acceptors (Lipinski definition) is 5. The molecule has 0 aliphatic heterocycles. The van der Waals surface area contributed by atoms with E-state index >= 15 is 0 Å². The summed E-state index contributed by atoms with van der Waals surface area (Å²) < 4.78 is 4.77. The minimum Gasteiger partial charge on any atom is -0.507 e. The molecule has 0 fully saturated rings. The van der Waals surface area contributed by atoms with Gasteiger partial charge < -0.3 is 14.9 Å². The number of phenols is 2. The number of phenolic OH excluding ortho intramolecular Hbond substituents is 2. The van der Waals surface area contributed by atoms with Crippen molar-refractivity contribution < 1.29 is 24.5 Å². The second kappa shape index (κ2) is 4.00. The van der Waals surface area contributed by atoms with Crippen LogP contribution < -0.4 is 4.74 Å². The number of aldehydes is 1. The lowest BCUT2D eigenvalue weighted by atomic mass is 10.0. The minimum absolute atomic E-state index is 0.0185. The van der Waals surface area contributed by atoms with Crippen molar-refractivity contribution in [2.45, 2.75) is 6.92 Å². The van der Waals surface area contributed by atoms with E-state index in [0.29, 0.717) is 6.29 Å². The van der Waals surface area contributed by atoms with Gasteiger partial charge in [0.15, 0.2) is 12.1 Å². The summed E-state index contributed by atoms with van der Waals surface area (Å²) in [6.45, 7) is 1.18. The molecule has 0 saturated heterocycles. The van der Waals surface area contributed by atoms with E-state index in [1.807, 2.05) is 0 Å². The molecular weight excluding hydrogens is 200 g/mol. The van der Waals surface area contributed by atoms with Crippen LogP contribution in [0.1, 0.15) is 27.6 Å². The molecule has 5 heteroatoms. The van der Waals surface area contributed by atoms with E-state index < -0.39 is 17.3 Å². The molecule has 0 heterocycles. The number of carbonyl (C=O) groups excluding carboxylic acids is 2. The zero-order valence-electron chi connectivity index (χ0n) is 8.27. The number of methoxy groups -OCH3 is 1. The first kappa shape index (κ1) is 11.0. The number of Topliss-reactive ketones (excluding diaryl/α,β-unsaturated/α-hetero) is 1. The molecule has 1 rings (SSSR count). The Bertz CT molecular complexity index is 422. The Balaban J connectivity index is 3.58. The van der Waals surface area contributed by atoms with Crippen molar-refractivity contribution >= 4 is 12.1 Å². The van der Waals surface area contributed by atoms with E-state index in [2.05, 4.69) is 0 Å². The van der Waals surface area contributed by atoms with E-state index in [0.717, 1.165) is 6.07 Å². The van der Waals surface area contributed by atoms with Crippen LogP contribution >= 0.6 is 0 Å². The van der Waals surface area contributed by atoms with Gasteiger partial charge in [-0.1, -0.05) is 0 Å². The van der Waals surface area contributed by atoms with Gasteiger partial charge in [-0.2, -0.15) is 0 Å². The summed E-state index contributed by atoms with van der Waals surface area (Å²) >= 11 is 0. The fraction of sp³-hybridized carbons (Fsp3) is 0.200. The van der Waals surface area contributed by atoms with Crippen LogP contribution in [0, 0.1) is 0 Å². The van der Waals surface area contributed by atoms with Crippen LogP contribution in [0.5, 0.6) is 17.2 Å². The van der Waals surface area contributed by atoms with Crippen LogP contribution in [-0.4, -0.2) is 29.4 Å². The van der Waals surface area contributed by atoms with Crippen molar-refractivity contribution in [1.82, 2.24) is 0 Å². The summed E-state index contributed by atoms with van der Waals surface area (Å²) in [6.07, 6.45) is 0.361. The van der Waals surface area contributed by atoms with Gasteiger partial charge in [0, 0.05) is 6.07 Å². The average molecular weight is 210 g/mol. The van der Waals surface area contributed by atoms with E-state index in [9.17, 15) is 19.8 Å². The lowest BCUT2D eigenvalue weighted by Crippen LogP contribution is -1.99. The molecule has 0 unspecified atom stereocenters. The van der Waals surface area contributed by atoms with Crippen LogP contribution in [0.3, 0.4) is 0 Å². The normalized spacial score (nSPS) is 9.73. The third-order valence-corrected chi connectivity index (χ3v) is 1.97. The Morgan fingerprint density at radius 1 is 1.47 bits per heavy atom. The first-order valence-electron chi connectivity index (χ1n) is 4.12. The van der Waals surface area contributed by atoms with Crippen molar-refractivity contribution in [1.29, 1.82) is 0 Å². The Labute approximate surface area is 85.9 Å². The maximum absolute atomic E-state index is 11.1. The Hall–Kier alpha value is -2.04. The van der Waals surface area contributed by atoms with Gasteiger partial charge in [-0.25, -0.2) is 0 Å². The number of benzene rings is 1. The molecule has 1 aromatic rings. The van der Waals surface area contributed by atoms with E-state index in [1.54, 1.807) is 0 Å². The van der Waals surface area contributed by atoms with Gasteiger partial charge in [-0.15, -0.1) is 0 Å². The Morgan fingerprint density at radius 2 is 2.07 bits per heavy atom. The molecule has 0 aromatic heterocycles. The Morgan fingerprint density at radius 3 is 2.47 bits per heavy atom. The molecular formula is C10H10O5. The van der Waals surface area contributed by atoms with Gasteiger partial charge in [0.2, 0.25) is 0 Å². The molecule has 0 aliphatic rings. The first-order chi connectivity index (χ1) is 7.02. The first-order valence-corrected chi connectivity index (χ1v) is 4.12. The summed E-state index contributed by atoms with van der Waals surface area (Å²) in [4.78, 5) is 21.7. The average Bonchev–Trinajstić information content (AvgIpc) is 2.16. The minimum atomic E-state index is -0.561. The third kappa shape index (κ3) is 1.76. The second-order valence-corrected chi connectivity index (χ2v) is 2.91. The molecule has 0 aliphatic carbocycles. The van der Waals surface area contributed by atoms with Crippen LogP contribution in [0.25, 0.3) is 0 Å². The summed E-state index contributed by atoms with van der Waals surface area (Å²) in [5.41, 5.74) is -0.432. The van der Waals surface area contributed by atoms with Crippen molar-refractivity contribution in [3.05, 3.63) is 17.2 Å². The van der Waals surface area contributed by atoms with E-state index in [4.69, 9.17) is 4.74 Å². The fourth-order valence-corrected chi connectivity index (χ4v) is 1.28. The van der Waals surface area contributed by atoms with E-state index in [1.165, 1.54) is 14.0 Å². The lowest BCUT2D eigenvalue weighted by Gasteiger charge is -2.10. The zero-order chi connectivity index (χ0) is 11.6. The highest BCUT2D eigenvalue weighted by atomic mass is 16.5. The smallest absolute Gasteiger partial charge is 0.167 e. The van der Waals surface area contributed by atoms with Gasteiger partial charge in [0.25, 0.3) is 0 Å². The Kier molecular flexibility index (Phi) is 2.94. The molecule has 0 radical (unpaired) electrons. The number of ketones is 1. The predicted octanol–water partition coefficient (Wildman–Crippen LogP) is 1.12. The molecule has 15 heavy (non-hydrogen) atoms. The van der Waals surface area contributed by atoms with Gasteiger partial charge in [0.05, 0.1) is 12.7 Å². The van der Waals surface area contributed by atoms with Gasteiger partial charge in [-0.3, -0.25) is 9.59 Å². The highest BCUT2D eigenvalue weighted by Crippen LogP contribution is 2.36. The third-order valence-electron chi connectivity index (χ3n) is 1.97. The maximum Gasteiger partial charge on any atom is 0.167 e. The highest BCUT2D eigenvalue weighted by Gasteiger charge is 2.20. The van der Waals surface area contributed by atoms with Gasteiger partial charge >= 0.3 is 0 Å². The molecule has 0 spiro atoms. The molecule has 2 N–H and O–H groups in total. The molecule has 1 aromatic carbocycles. The standard InChI is InChI=1S/C10H10O5/c1-5(12)9-7(13)3-8(15-2)6(4-11)10(9)14/h3-4,13-14H,1-2H3. The molecule has 0 amide bonds. The topological polar surface area (TPSA) is 83.8 Å². The zero-order valence-corrected chi connectivity index (χ0v) is 8.27. The van der Waals surface area contributed by atoms with Crippen molar-refractivity contribution in [3.8, 4) is 17.2 Å². The summed E-state index contributed by atoms with van der Waals surface area (Å²) in [5, 5.41) is 19.0. The number of hydrogen-bond donors (Lipinski definition) is 2. The molecule has 0 atom stereocenters. The van der Waals surface area contributed by atoms with Crippen LogP contribution in [0.2, 0.25) is 0 Å². The molecule has 0 saturated carbocycles. The van der Waals surface area contributed by atoms with Gasteiger partial charge in [-0.05, 0) is 6.92 Å². The number of ether oxygens (including phenoxy) is 1. The maximum atomic E-state index is 11.1. The quantitative estimate of drug-likeness (QED) is 0.577. The van der Waals surface area contributed by atoms with E-state index in [-0.39, 0.29) is 16.9 Å². The number of rotatable bonds is 3. The van der Waals surface area contributed by atoms with Crippen molar-refractivity contribution in [2.24, 2.45) is 0 Å². The molecule has 5 nitrogen and oxygen atoms in total. The summed E-state index contributed by atoms with van der Waals surface area (Å²) in [7, 11) is 1.29. The van der Waals surface area contributed by atoms with Crippen LogP contribution in [-0.2, 0) is 0 Å². The highest BCUT2D eigenvalue weighted by molar-refractivity contribution is 6.03. The number of carbonyl (C=O) groups is 2. The van der Waals surface area contributed by atoms with Crippen LogP contribution in [0.4, 0.5) is 0 Å².